The van der Waals surface area contributed by atoms with E-state index in [1.165, 1.54) is 98.7 Å². The molecule has 9 aromatic rings. The third kappa shape index (κ3) is 5.94. The fourth-order valence-corrected chi connectivity index (χ4v) is 10.6. The number of hydrogen-bond donors (Lipinski definition) is 0. The molecule has 0 spiro atoms. The van der Waals surface area contributed by atoms with Crippen molar-refractivity contribution < 1.29 is 0 Å². The van der Waals surface area contributed by atoms with Crippen LogP contribution >= 0.6 is 0 Å². The van der Waals surface area contributed by atoms with Crippen molar-refractivity contribution in [2.75, 3.05) is 0 Å². The van der Waals surface area contributed by atoms with E-state index in [2.05, 4.69) is 219 Å². The lowest BCUT2D eigenvalue weighted by Gasteiger charge is -2.23. The lowest BCUT2D eigenvalue weighted by atomic mass is 9.83. The third-order valence-corrected chi connectivity index (χ3v) is 13.9. The zero-order chi connectivity index (χ0) is 37.6. The average Bonchev–Trinajstić information content (AvgIpc) is 3.26. The van der Waals surface area contributed by atoms with Crippen LogP contribution in [0.1, 0.15) is 5.56 Å². The van der Waals surface area contributed by atoms with Gasteiger partial charge >= 0.3 is 0 Å². The Morgan fingerprint density at radius 2 is 0.893 bits per heavy atom. The van der Waals surface area contributed by atoms with Crippen LogP contribution in [0, 0.1) is 0 Å². The minimum absolute atomic E-state index is 1.07. The highest BCUT2D eigenvalue weighted by molar-refractivity contribution is 6.77. The molecule has 0 fully saturated rings. The predicted octanol–water partition coefficient (Wildman–Crippen LogP) is 14.2. The minimum atomic E-state index is -1.45. The van der Waals surface area contributed by atoms with E-state index in [4.69, 9.17) is 0 Å². The molecule has 0 aliphatic carbocycles. The Morgan fingerprint density at radius 3 is 1.57 bits per heavy atom. The van der Waals surface area contributed by atoms with Crippen molar-refractivity contribution in [2.45, 2.75) is 6.55 Å². The highest BCUT2D eigenvalue weighted by atomic mass is 28.3. The molecule has 1 heteroatoms. The Kier molecular flexibility index (Phi) is 8.51. The van der Waals surface area contributed by atoms with Crippen molar-refractivity contribution >= 4 is 51.9 Å². The lowest BCUT2D eigenvalue weighted by Crippen LogP contribution is -2.28. The van der Waals surface area contributed by atoms with E-state index >= 15 is 0 Å². The van der Waals surface area contributed by atoms with Crippen LogP contribution in [0.2, 0.25) is 6.55 Å². The van der Waals surface area contributed by atoms with Gasteiger partial charge in [0.2, 0.25) is 0 Å². The first kappa shape index (κ1) is 33.7. The summed E-state index contributed by atoms with van der Waals surface area (Å²) < 4.78 is 0. The van der Waals surface area contributed by atoms with Gasteiger partial charge in [-0.2, -0.15) is 0 Å². The van der Waals surface area contributed by atoms with Gasteiger partial charge in [0.05, 0.1) is 8.80 Å². The third-order valence-electron chi connectivity index (χ3n) is 11.6. The standard InChI is InChI=1S/C55H40Si/c1-37-14-11-12-33-56(2)53-36-52-51(35-49(37)53)54(43-27-23-40(24-28-43)38-15-5-3-6-16-38)48-32-31-45(47-22-13-20-42-19-9-10-21-46(42)47)34-50(48)55(52)44-29-25-41(26-30-44)39-17-7-4-8-18-39/h3-36,56H,1H2,2H3/b14-11-,33-12-. The molecule has 0 bridgehead atoms. The first-order valence-corrected chi connectivity index (χ1v) is 21.9. The molecule has 1 unspecified atom stereocenters. The van der Waals surface area contributed by atoms with Gasteiger partial charge in [-0.15, -0.1) is 0 Å². The average molecular weight is 729 g/mol. The predicted molar refractivity (Wildman–Crippen MR) is 246 cm³/mol. The van der Waals surface area contributed by atoms with Gasteiger partial charge in [-0.3, -0.25) is 0 Å². The second-order valence-corrected chi connectivity index (χ2v) is 17.6. The van der Waals surface area contributed by atoms with Crippen LogP contribution in [0.4, 0.5) is 0 Å². The molecule has 264 valence electrons. The zero-order valence-corrected chi connectivity index (χ0v) is 32.6. The molecule has 1 atom stereocenters. The van der Waals surface area contributed by atoms with Crippen molar-refractivity contribution in [3.05, 3.63) is 218 Å². The van der Waals surface area contributed by atoms with E-state index in [0.29, 0.717) is 0 Å². The maximum Gasteiger partial charge on any atom is 0.0918 e. The van der Waals surface area contributed by atoms with Gasteiger partial charge in [0.1, 0.15) is 0 Å². The summed E-state index contributed by atoms with van der Waals surface area (Å²) in [6.07, 6.45) is 6.53. The van der Waals surface area contributed by atoms with Gasteiger partial charge in [0, 0.05) is 0 Å². The summed E-state index contributed by atoms with van der Waals surface area (Å²) in [5.41, 5.74) is 17.1. The molecule has 9 aromatic carbocycles. The summed E-state index contributed by atoms with van der Waals surface area (Å²) in [7, 11) is -1.45. The van der Waals surface area contributed by atoms with Crippen LogP contribution in [0.3, 0.4) is 0 Å². The molecule has 56 heavy (non-hydrogen) atoms. The van der Waals surface area contributed by atoms with E-state index in [9.17, 15) is 0 Å². The van der Waals surface area contributed by atoms with Gasteiger partial charge in [-0.25, -0.2) is 0 Å². The molecular formula is C55H40Si. The van der Waals surface area contributed by atoms with Crippen LogP contribution in [0.25, 0.3) is 93.5 Å². The fraction of sp³-hybridized carbons (Fsp3) is 0.0182. The molecule has 0 saturated carbocycles. The maximum absolute atomic E-state index is 4.60. The van der Waals surface area contributed by atoms with Gasteiger partial charge in [-0.1, -0.05) is 212 Å². The molecule has 1 heterocycles. The molecule has 0 radical (unpaired) electrons. The number of allylic oxidation sites excluding steroid dienone is 4. The quantitative estimate of drug-likeness (QED) is 0.122. The second kappa shape index (κ2) is 14.1. The van der Waals surface area contributed by atoms with Crippen molar-refractivity contribution in [1.29, 1.82) is 0 Å². The Hall–Kier alpha value is -6.80. The molecule has 0 aromatic heterocycles. The normalized spacial score (nSPS) is 15.0. The number of benzene rings is 9. The summed E-state index contributed by atoms with van der Waals surface area (Å²) in [6, 6.07) is 67.3. The highest BCUT2D eigenvalue weighted by Gasteiger charge is 2.22. The van der Waals surface area contributed by atoms with Crippen molar-refractivity contribution in [1.82, 2.24) is 0 Å². The number of hydrogen-bond acceptors (Lipinski definition) is 0. The van der Waals surface area contributed by atoms with E-state index in [1.54, 1.807) is 0 Å². The van der Waals surface area contributed by atoms with Gasteiger partial charge < -0.3 is 0 Å². The number of fused-ring (bicyclic) bond motifs is 4. The molecule has 10 rings (SSSR count). The summed E-state index contributed by atoms with van der Waals surface area (Å²) in [6.45, 7) is 7.03. The van der Waals surface area contributed by atoms with E-state index in [-0.39, 0.29) is 0 Å². The SMILES string of the molecule is C=C1/C=C\C=C/[SiH](C)c2cc3c(-c4ccc(-c5ccccc5)cc4)c4cc(-c5cccc6ccccc56)ccc4c(-c4ccc(-c5ccccc5)cc4)c3cc21. The van der Waals surface area contributed by atoms with E-state index < -0.39 is 8.80 Å². The first-order valence-electron chi connectivity index (χ1n) is 19.5. The lowest BCUT2D eigenvalue weighted by molar-refractivity contribution is 1.60. The second-order valence-electron chi connectivity index (χ2n) is 15.0. The van der Waals surface area contributed by atoms with Crippen LogP contribution in [0.5, 0.6) is 0 Å². The van der Waals surface area contributed by atoms with Gasteiger partial charge in [-0.05, 0) is 111 Å². The molecule has 0 nitrogen and oxygen atoms in total. The van der Waals surface area contributed by atoms with Crippen LogP contribution in [0.15, 0.2) is 212 Å². The van der Waals surface area contributed by atoms with Gasteiger partial charge in [0.25, 0.3) is 0 Å². The maximum atomic E-state index is 4.60. The first-order chi connectivity index (χ1) is 27.6. The Bertz CT molecular complexity index is 3000. The van der Waals surface area contributed by atoms with Crippen molar-refractivity contribution in [2.24, 2.45) is 0 Å². The smallest absolute Gasteiger partial charge is 0.0918 e. The highest BCUT2D eigenvalue weighted by Crippen LogP contribution is 2.46. The van der Waals surface area contributed by atoms with Crippen molar-refractivity contribution in [3.63, 3.8) is 0 Å². The molecular weight excluding hydrogens is 689 g/mol. The van der Waals surface area contributed by atoms with E-state index in [1.807, 2.05) is 0 Å². The molecule has 1 aliphatic rings. The molecule has 0 N–H and O–H groups in total. The summed E-state index contributed by atoms with van der Waals surface area (Å²) >= 11 is 0. The monoisotopic (exact) mass is 728 g/mol. The van der Waals surface area contributed by atoms with Crippen LogP contribution in [-0.4, -0.2) is 8.80 Å². The molecule has 1 aliphatic heterocycles. The molecule has 0 amide bonds. The largest absolute Gasteiger partial charge is 0.0930 e. The summed E-state index contributed by atoms with van der Waals surface area (Å²) in [4.78, 5) is 0. The Balaban J connectivity index is 1.31. The summed E-state index contributed by atoms with van der Waals surface area (Å²) in [5.74, 6) is 0. The van der Waals surface area contributed by atoms with Crippen LogP contribution in [-0.2, 0) is 0 Å². The van der Waals surface area contributed by atoms with Gasteiger partial charge in [0.15, 0.2) is 0 Å². The van der Waals surface area contributed by atoms with Crippen LogP contribution < -0.4 is 5.19 Å². The summed E-state index contributed by atoms with van der Waals surface area (Å²) in [5, 5.41) is 8.98. The number of rotatable bonds is 5. The molecule has 0 saturated heterocycles. The van der Waals surface area contributed by atoms with E-state index in [0.717, 1.165) is 5.57 Å². The Morgan fingerprint density at radius 1 is 0.375 bits per heavy atom. The Labute approximate surface area is 330 Å². The fourth-order valence-electron chi connectivity index (χ4n) is 8.73. The topological polar surface area (TPSA) is 0 Å². The van der Waals surface area contributed by atoms with Crippen molar-refractivity contribution in [3.8, 4) is 55.6 Å². The minimum Gasteiger partial charge on any atom is -0.0930 e. The zero-order valence-electron chi connectivity index (χ0n) is 31.4.